The standard InChI is InChI=1S/C13H11BrClN3OS/c1-6(11-2-3-12(15)20-11)16-8-5-10-9(4-7(8)14)17-13(19)18-10/h2-6,16H,1H3,(H2,17,18,19). The fourth-order valence-electron chi connectivity index (χ4n) is 2.03. The first-order valence-corrected chi connectivity index (χ1v) is 7.95. The van der Waals surface area contributed by atoms with E-state index < -0.39 is 0 Å². The lowest BCUT2D eigenvalue weighted by Crippen LogP contribution is -2.05. The van der Waals surface area contributed by atoms with Crippen LogP contribution in [0.15, 0.2) is 33.5 Å². The van der Waals surface area contributed by atoms with E-state index in [4.69, 9.17) is 11.6 Å². The van der Waals surface area contributed by atoms with E-state index in [2.05, 4.69) is 38.1 Å². The normalized spacial score (nSPS) is 12.8. The number of thiophene rings is 1. The van der Waals surface area contributed by atoms with Crippen molar-refractivity contribution in [2.75, 3.05) is 5.32 Å². The van der Waals surface area contributed by atoms with E-state index in [9.17, 15) is 4.79 Å². The van der Waals surface area contributed by atoms with Gasteiger partial charge < -0.3 is 15.3 Å². The molecule has 7 heteroatoms. The third-order valence-corrected chi connectivity index (χ3v) is 5.07. The van der Waals surface area contributed by atoms with E-state index in [1.54, 1.807) is 11.3 Å². The van der Waals surface area contributed by atoms with Crippen molar-refractivity contribution in [3.05, 3.63) is 48.4 Å². The lowest BCUT2D eigenvalue weighted by Gasteiger charge is -2.15. The monoisotopic (exact) mass is 371 g/mol. The van der Waals surface area contributed by atoms with Crippen molar-refractivity contribution in [1.82, 2.24) is 9.97 Å². The summed E-state index contributed by atoms with van der Waals surface area (Å²) in [6.07, 6.45) is 0. The van der Waals surface area contributed by atoms with Gasteiger partial charge in [-0.3, -0.25) is 0 Å². The highest BCUT2D eigenvalue weighted by molar-refractivity contribution is 9.10. The third-order valence-electron chi connectivity index (χ3n) is 3.00. The zero-order valence-corrected chi connectivity index (χ0v) is 13.6. The SMILES string of the molecule is CC(Nc1cc2[nH]c(=O)[nH]c2cc1Br)c1ccc(Cl)s1. The van der Waals surface area contributed by atoms with E-state index in [-0.39, 0.29) is 11.7 Å². The number of halogens is 2. The summed E-state index contributed by atoms with van der Waals surface area (Å²) in [7, 11) is 0. The number of benzene rings is 1. The van der Waals surface area contributed by atoms with Crippen LogP contribution in [0, 0.1) is 0 Å². The van der Waals surface area contributed by atoms with Crippen LogP contribution in [0.1, 0.15) is 17.8 Å². The summed E-state index contributed by atoms with van der Waals surface area (Å²) < 4.78 is 1.67. The van der Waals surface area contributed by atoms with Crippen LogP contribution >= 0.6 is 38.9 Å². The van der Waals surface area contributed by atoms with Crippen molar-refractivity contribution in [3.8, 4) is 0 Å². The second-order valence-corrected chi connectivity index (χ2v) is 7.07. The van der Waals surface area contributed by atoms with Gasteiger partial charge in [0.25, 0.3) is 0 Å². The molecule has 2 aromatic heterocycles. The molecule has 0 amide bonds. The van der Waals surface area contributed by atoms with Gasteiger partial charge in [0.2, 0.25) is 0 Å². The molecule has 1 unspecified atom stereocenters. The van der Waals surface area contributed by atoms with Gasteiger partial charge in [0.05, 0.1) is 27.1 Å². The molecule has 0 radical (unpaired) electrons. The maximum Gasteiger partial charge on any atom is 0.323 e. The van der Waals surface area contributed by atoms with Gasteiger partial charge in [-0.15, -0.1) is 11.3 Å². The molecular formula is C13H11BrClN3OS. The van der Waals surface area contributed by atoms with Crippen LogP contribution in [0.5, 0.6) is 0 Å². The fraction of sp³-hybridized carbons (Fsp3) is 0.154. The van der Waals surface area contributed by atoms with E-state index in [0.29, 0.717) is 0 Å². The van der Waals surface area contributed by atoms with Gasteiger partial charge in [0, 0.05) is 9.35 Å². The second kappa shape index (κ2) is 5.27. The molecule has 1 atom stereocenters. The van der Waals surface area contributed by atoms with Crippen LogP contribution in [-0.2, 0) is 0 Å². The maximum absolute atomic E-state index is 11.3. The van der Waals surface area contributed by atoms with Crippen molar-refractivity contribution in [3.63, 3.8) is 0 Å². The predicted molar refractivity (Wildman–Crippen MR) is 88.0 cm³/mol. The Morgan fingerprint density at radius 2 is 2.00 bits per heavy atom. The van der Waals surface area contributed by atoms with E-state index in [1.165, 1.54) is 0 Å². The number of rotatable bonds is 3. The minimum atomic E-state index is -0.206. The Morgan fingerprint density at radius 3 is 2.65 bits per heavy atom. The smallest absolute Gasteiger partial charge is 0.323 e. The van der Waals surface area contributed by atoms with Crippen LogP contribution in [0.2, 0.25) is 4.34 Å². The number of imidazole rings is 1. The quantitative estimate of drug-likeness (QED) is 0.633. The molecule has 0 aliphatic heterocycles. The highest BCUT2D eigenvalue weighted by atomic mass is 79.9. The molecular weight excluding hydrogens is 362 g/mol. The highest BCUT2D eigenvalue weighted by Crippen LogP contribution is 2.32. The third kappa shape index (κ3) is 2.63. The lowest BCUT2D eigenvalue weighted by molar-refractivity contribution is 0.907. The van der Waals surface area contributed by atoms with Crippen LogP contribution in [0.4, 0.5) is 5.69 Å². The average Bonchev–Trinajstić information content (AvgIpc) is 2.95. The molecule has 104 valence electrons. The van der Waals surface area contributed by atoms with E-state index >= 15 is 0 Å². The Hall–Kier alpha value is -1.24. The zero-order chi connectivity index (χ0) is 14.3. The van der Waals surface area contributed by atoms with Gasteiger partial charge in [-0.2, -0.15) is 0 Å². The fourth-order valence-corrected chi connectivity index (χ4v) is 3.55. The Labute approximate surface area is 132 Å². The van der Waals surface area contributed by atoms with Crippen LogP contribution in [0.3, 0.4) is 0 Å². The summed E-state index contributed by atoms with van der Waals surface area (Å²) in [6.45, 7) is 2.07. The molecule has 0 aliphatic carbocycles. The van der Waals surface area contributed by atoms with Crippen LogP contribution < -0.4 is 11.0 Å². The summed E-state index contributed by atoms with van der Waals surface area (Å²) in [5.41, 5.74) is 2.27. The van der Waals surface area contributed by atoms with Gasteiger partial charge in [-0.25, -0.2) is 4.79 Å². The number of anilines is 1. The van der Waals surface area contributed by atoms with E-state index in [1.807, 2.05) is 24.3 Å². The number of aromatic amines is 2. The molecule has 0 saturated heterocycles. The molecule has 0 aliphatic rings. The minimum absolute atomic E-state index is 0.131. The molecule has 1 aromatic carbocycles. The molecule has 0 saturated carbocycles. The summed E-state index contributed by atoms with van der Waals surface area (Å²) in [5, 5.41) is 3.41. The van der Waals surface area contributed by atoms with Gasteiger partial charge in [0.1, 0.15) is 0 Å². The molecule has 3 N–H and O–H groups in total. The maximum atomic E-state index is 11.3. The van der Waals surface area contributed by atoms with Crippen LogP contribution in [-0.4, -0.2) is 9.97 Å². The second-order valence-electron chi connectivity index (χ2n) is 4.46. The molecule has 4 nitrogen and oxygen atoms in total. The van der Waals surface area contributed by atoms with Crippen LogP contribution in [0.25, 0.3) is 11.0 Å². The number of fused-ring (bicyclic) bond motifs is 1. The van der Waals surface area contributed by atoms with Crippen molar-refractivity contribution in [2.45, 2.75) is 13.0 Å². The predicted octanol–water partition coefficient (Wildman–Crippen LogP) is 4.51. The van der Waals surface area contributed by atoms with Crippen molar-refractivity contribution in [1.29, 1.82) is 0 Å². The number of aromatic nitrogens is 2. The molecule has 3 aromatic rings. The van der Waals surface area contributed by atoms with Crippen molar-refractivity contribution < 1.29 is 0 Å². The highest BCUT2D eigenvalue weighted by Gasteiger charge is 2.11. The zero-order valence-electron chi connectivity index (χ0n) is 10.5. The Morgan fingerprint density at radius 1 is 1.30 bits per heavy atom. The van der Waals surface area contributed by atoms with Gasteiger partial charge in [-0.1, -0.05) is 11.6 Å². The Bertz CT molecular complexity index is 822. The Kier molecular flexibility index (Phi) is 3.62. The van der Waals surface area contributed by atoms with Gasteiger partial charge >= 0.3 is 5.69 Å². The first kappa shape index (κ1) is 13.7. The largest absolute Gasteiger partial charge is 0.377 e. The topological polar surface area (TPSA) is 60.7 Å². The van der Waals surface area contributed by atoms with Gasteiger partial charge in [-0.05, 0) is 47.1 Å². The van der Waals surface area contributed by atoms with Gasteiger partial charge in [0.15, 0.2) is 0 Å². The summed E-state index contributed by atoms with van der Waals surface area (Å²) in [5.74, 6) is 0. The van der Waals surface area contributed by atoms with Crippen molar-refractivity contribution in [2.24, 2.45) is 0 Å². The molecule has 3 rings (SSSR count). The Balaban J connectivity index is 1.93. The first-order chi connectivity index (χ1) is 9.52. The number of hydrogen-bond donors (Lipinski definition) is 3. The van der Waals surface area contributed by atoms with Crippen molar-refractivity contribution >= 4 is 55.6 Å². The summed E-state index contributed by atoms with van der Waals surface area (Å²) >= 11 is 11.0. The molecule has 0 bridgehead atoms. The lowest BCUT2D eigenvalue weighted by atomic mass is 10.2. The molecule has 0 fully saturated rings. The average molecular weight is 373 g/mol. The summed E-state index contributed by atoms with van der Waals surface area (Å²) in [6, 6.07) is 7.82. The first-order valence-electron chi connectivity index (χ1n) is 5.96. The summed E-state index contributed by atoms with van der Waals surface area (Å²) in [4.78, 5) is 17.9. The molecule has 2 heterocycles. The number of H-pyrrole nitrogens is 2. The minimum Gasteiger partial charge on any atom is -0.377 e. The number of nitrogens with one attached hydrogen (secondary N) is 3. The molecule has 0 spiro atoms. The van der Waals surface area contributed by atoms with E-state index in [0.717, 1.165) is 30.4 Å². The molecule has 20 heavy (non-hydrogen) atoms. The number of hydrogen-bond acceptors (Lipinski definition) is 3.